The summed E-state index contributed by atoms with van der Waals surface area (Å²) in [6.07, 6.45) is 16.3. The van der Waals surface area contributed by atoms with Gasteiger partial charge in [0.15, 0.2) is 0 Å². The maximum atomic E-state index is 4.64. The van der Waals surface area contributed by atoms with Crippen LogP contribution in [0.4, 0.5) is 0 Å². The van der Waals surface area contributed by atoms with Crippen molar-refractivity contribution in [2.24, 2.45) is 17.3 Å². The molecule has 0 spiro atoms. The summed E-state index contributed by atoms with van der Waals surface area (Å²) in [4.78, 5) is 0. The van der Waals surface area contributed by atoms with E-state index in [0.29, 0.717) is 17.3 Å². The lowest BCUT2D eigenvalue weighted by Crippen LogP contribution is -2.32. The molecule has 3 aromatic rings. The topological polar surface area (TPSA) is 0 Å². The van der Waals surface area contributed by atoms with Gasteiger partial charge in [-0.2, -0.15) is 0 Å². The van der Waals surface area contributed by atoms with Crippen molar-refractivity contribution < 1.29 is 0 Å². The summed E-state index contributed by atoms with van der Waals surface area (Å²) in [6.45, 7) is 20.4. The predicted octanol–water partition coefficient (Wildman–Crippen LogP) is 12.2. The molecule has 0 N–H and O–H groups in total. The quantitative estimate of drug-likeness (QED) is 0.245. The number of rotatable bonds is 7. The Bertz CT molecular complexity index is 1710. The third-order valence-corrected chi connectivity index (χ3v) is 11.9. The van der Waals surface area contributed by atoms with E-state index in [0.717, 1.165) is 18.8 Å². The van der Waals surface area contributed by atoms with E-state index in [9.17, 15) is 0 Å². The van der Waals surface area contributed by atoms with Crippen molar-refractivity contribution in [2.45, 2.75) is 98.3 Å². The fourth-order valence-corrected chi connectivity index (χ4v) is 8.95. The molecular weight excluding hydrogens is 528 g/mol. The number of allylic oxidation sites excluding steroid dienone is 5. The van der Waals surface area contributed by atoms with E-state index in [2.05, 4.69) is 108 Å². The van der Waals surface area contributed by atoms with Crippen molar-refractivity contribution in [3.63, 3.8) is 0 Å². The van der Waals surface area contributed by atoms with Gasteiger partial charge < -0.3 is 0 Å². The van der Waals surface area contributed by atoms with Crippen molar-refractivity contribution in [3.8, 4) is 11.1 Å². The largest absolute Gasteiger partial charge is 0.0998 e. The van der Waals surface area contributed by atoms with Crippen LogP contribution in [-0.2, 0) is 12.8 Å². The van der Waals surface area contributed by atoms with Crippen LogP contribution in [0.25, 0.3) is 28.3 Å². The highest BCUT2D eigenvalue weighted by Crippen LogP contribution is 2.53. The first-order valence-electron chi connectivity index (χ1n) is 17.2. The summed E-state index contributed by atoms with van der Waals surface area (Å²) in [5.41, 5.74) is 20.5. The molecule has 0 heteroatoms. The Morgan fingerprint density at radius 2 is 1.61 bits per heavy atom. The highest BCUT2D eigenvalue weighted by atomic mass is 14.4. The summed E-state index contributed by atoms with van der Waals surface area (Å²) < 4.78 is 0. The van der Waals surface area contributed by atoms with Gasteiger partial charge in [-0.1, -0.05) is 105 Å². The molecule has 226 valence electrons. The van der Waals surface area contributed by atoms with Crippen molar-refractivity contribution in [1.82, 2.24) is 0 Å². The van der Waals surface area contributed by atoms with E-state index < -0.39 is 0 Å². The first-order valence-corrected chi connectivity index (χ1v) is 17.2. The molecule has 0 heterocycles. The van der Waals surface area contributed by atoms with E-state index in [1.807, 2.05) is 0 Å². The molecule has 0 aromatic heterocycles. The second kappa shape index (κ2) is 11.2. The van der Waals surface area contributed by atoms with Crippen molar-refractivity contribution in [2.75, 3.05) is 0 Å². The molecule has 0 saturated heterocycles. The lowest BCUT2D eigenvalue weighted by atomic mass is 9.60. The van der Waals surface area contributed by atoms with E-state index >= 15 is 0 Å². The minimum Gasteiger partial charge on any atom is -0.0998 e. The van der Waals surface area contributed by atoms with Crippen LogP contribution in [0.3, 0.4) is 0 Å². The molecular formula is C44H50. The molecule has 0 nitrogen and oxygen atoms in total. The van der Waals surface area contributed by atoms with Gasteiger partial charge in [-0.3, -0.25) is 0 Å². The fraction of sp³-hybridized carbons (Fsp3) is 0.409. The number of hydrogen-bond acceptors (Lipinski definition) is 0. The van der Waals surface area contributed by atoms with Crippen LogP contribution in [0, 0.1) is 31.1 Å². The molecule has 0 bridgehead atoms. The molecule has 2 fully saturated rings. The third kappa shape index (κ3) is 5.09. The third-order valence-electron chi connectivity index (χ3n) is 11.9. The zero-order valence-electron chi connectivity index (χ0n) is 27.8. The molecule has 4 aliphatic rings. The average molecular weight is 579 g/mol. The lowest BCUT2D eigenvalue weighted by molar-refractivity contribution is 0.178. The van der Waals surface area contributed by atoms with Gasteiger partial charge >= 0.3 is 0 Å². The molecule has 0 radical (unpaired) electrons. The van der Waals surface area contributed by atoms with E-state index in [4.69, 9.17) is 0 Å². The highest BCUT2D eigenvalue weighted by Gasteiger charge is 2.39. The molecule has 44 heavy (non-hydrogen) atoms. The monoisotopic (exact) mass is 578 g/mol. The summed E-state index contributed by atoms with van der Waals surface area (Å²) in [7, 11) is 0. The second-order valence-corrected chi connectivity index (χ2v) is 15.2. The number of aryl methyl sites for hydroxylation is 2. The summed E-state index contributed by atoms with van der Waals surface area (Å²) >= 11 is 0. The zero-order chi connectivity index (χ0) is 30.7. The van der Waals surface area contributed by atoms with Gasteiger partial charge in [0.1, 0.15) is 0 Å². The zero-order valence-corrected chi connectivity index (χ0v) is 27.8. The van der Waals surface area contributed by atoms with Crippen LogP contribution >= 0.6 is 0 Å². The summed E-state index contributed by atoms with van der Waals surface area (Å²) in [5.74, 6) is 1.91. The van der Waals surface area contributed by atoms with Gasteiger partial charge in [-0.15, -0.1) is 0 Å². The Kier molecular flexibility index (Phi) is 7.47. The van der Waals surface area contributed by atoms with Gasteiger partial charge in [0.05, 0.1) is 0 Å². The molecule has 7 rings (SSSR count). The van der Waals surface area contributed by atoms with Crippen LogP contribution in [0.5, 0.6) is 0 Å². The predicted molar refractivity (Wildman–Crippen MR) is 191 cm³/mol. The Balaban J connectivity index is 1.17. The maximum Gasteiger partial charge on any atom is 0.000174 e. The Labute approximate surface area is 266 Å². The second-order valence-electron chi connectivity index (χ2n) is 15.2. The van der Waals surface area contributed by atoms with Gasteiger partial charge in [0, 0.05) is 5.92 Å². The van der Waals surface area contributed by atoms with Crippen LogP contribution in [0.2, 0.25) is 0 Å². The number of hydrogen-bond donors (Lipinski definition) is 0. The Hall–Kier alpha value is -3.38. The first-order chi connectivity index (χ1) is 21.1. The molecule has 4 aliphatic carbocycles. The number of benzene rings is 3. The minimum atomic E-state index is 0.426. The molecule has 3 aromatic carbocycles. The summed E-state index contributed by atoms with van der Waals surface area (Å²) in [6, 6.07) is 19.0. The molecule has 1 unspecified atom stereocenters. The standard InChI is InChI=1S/C44H50/c1-27(2)21-39-29(4)22-37-24-36(26-41(37)43(39)34-11-9-28(3)10-12-34)35-17-18-38-30(5)23-40(42(38)25-35)33-15-13-32(14-16-33)31(6)44(7)19-8-20-44/h9-12,17-18,22-25,30,32-33H,1,6,8,13-16,19-21,26H2,2-5,7H3. The van der Waals surface area contributed by atoms with Gasteiger partial charge in [0.25, 0.3) is 0 Å². The molecule has 2 saturated carbocycles. The Morgan fingerprint density at radius 3 is 2.27 bits per heavy atom. The Morgan fingerprint density at radius 1 is 0.909 bits per heavy atom. The molecule has 1 atom stereocenters. The SMILES string of the molecule is C=C(C)Cc1c(C)cc2c(c1-c1ccc(C)cc1)CC(c1ccc3c(c1)C(C1CCC(C(=C)C4(C)CCC4)CC1)=CC3C)=C2. The van der Waals surface area contributed by atoms with Crippen LogP contribution < -0.4 is 0 Å². The van der Waals surface area contributed by atoms with Crippen molar-refractivity contribution >= 4 is 17.2 Å². The minimum absolute atomic E-state index is 0.426. The summed E-state index contributed by atoms with van der Waals surface area (Å²) in [5, 5.41) is 0. The van der Waals surface area contributed by atoms with E-state index in [-0.39, 0.29) is 0 Å². The average Bonchev–Trinajstić information content (AvgIpc) is 3.57. The fourth-order valence-electron chi connectivity index (χ4n) is 8.95. The van der Waals surface area contributed by atoms with Crippen molar-refractivity contribution in [1.29, 1.82) is 0 Å². The lowest BCUT2D eigenvalue weighted by Gasteiger charge is -2.45. The first kappa shape index (κ1) is 29.3. The van der Waals surface area contributed by atoms with Crippen LogP contribution in [0.15, 0.2) is 78.9 Å². The van der Waals surface area contributed by atoms with Gasteiger partial charge in [-0.25, -0.2) is 0 Å². The van der Waals surface area contributed by atoms with Crippen molar-refractivity contribution in [3.05, 3.63) is 123 Å². The number of fused-ring (bicyclic) bond motifs is 2. The van der Waals surface area contributed by atoms with Crippen LogP contribution in [0.1, 0.15) is 116 Å². The van der Waals surface area contributed by atoms with Gasteiger partial charge in [0.2, 0.25) is 0 Å². The molecule has 0 aliphatic heterocycles. The van der Waals surface area contributed by atoms with E-state index in [1.54, 1.807) is 11.1 Å². The van der Waals surface area contributed by atoms with E-state index in [1.165, 1.54) is 112 Å². The smallest absolute Gasteiger partial charge is 0.000174 e. The van der Waals surface area contributed by atoms with Crippen LogP contribution in [-0.4, -0.2) is 0 Å². The van der Waals surface area contributed by atoms with Gasteiger partial charge in [-0.05, 0) is 157 Å². The normalized spacial score (nSPS) is 23.3. The molecule has 0 amide bonds. The highest BCUT2D eigenvalue weighted by molar-refractivity contribution is 5.94. The maximum absolute atomic E-state index is 4.64.